The number of nitriles is 1. The Morgan fingerprint density at radius 3 is 2.68 bits per heavy atom. The van der Waals surface area contributed by atoms with E-state index in [0.29, 0.717) is 21.9 Å². The van der Waals surface area contributed by atoms with Crippen molar-refractivity contribution in [1.29, 1.82) is 5.26 Å². The second-order valence-electron chi connectivity index (χ2n) is 4.25. The molecule has 0 aliphatic rings. The zero-order valence-electron chi connectivity index (χ0n) is 10.6. The van der Waals surface area contributed by atoms with Crippen molar-refractivity contribution < 1.29 is 4.21 Å². The van der Waals surface area contributed by atoms with Crippen LogP contribution in [0.15, 0.2) is 47.4 Å². The number of hydrogen-bond acceptors (Lipinski definition) is 3. The van der Waals surface area contributed by atoms with Gasteiger partial charge in [0.1, 0.15) is 0 Å². The van der Waals surface area contributed by atoms with Gasteiger partial charge < -0.3 is 5.73 Å². The van der Waals surface area contributed by atoms with Gasteiger partial charge in [-0.1, -0.05) is 30.3 Å². The van der Waals surface area contributed by atoms with Gasteiger partial charge in [-0.05, 0) is 30.2 Å². The zero-order chi connectivity index (χ0) is 13.8. The fourth-order valence-electron chi connectivity index (χ4n) is 1.83. The lowest BCUT2D eigenvalue weighted by atomic mass is 10.1. The lowest BCUT2D eigenvalue weighted by molar-refractivity contribution is 0.683. The molecule has 1 atom stereocenters. The van der Waals surface area contributed by atoms with Crippen molar-refractivity contribution in [2.45, 2.75) is 17.6 Å². The molecule has 0 fully saturated rings. The van der Waals surface area contributed by atoms with Gasteiger partial charge in [0.25, 0.3) is 0 Å². The first-order valence-corrected chi connectivity index (χ1v) is 7.17. The number of aryl methyl sites for hydroxylation is 1. The highest BCUT2D eigenvalue weighted by Gasteiger charge is 2.12. The van der Waals surface area contributed by atoms with Crippen LogP contribution in [-0.4, -0.2) is 4.21 Å². The molecule has 2 rings (SSSR count). The molecule has 0 aliphatic carbocycles. The fourth-order valence-corrected chi connectivity index (χ4v) is 3.15. The minimum Gasteiger partial charge on any atom is -0.398 e. The lowest BCUT2D eigenvalue weighted by Gasteiger charge is -2.09. The molecule has 0 aromatic heterocycles. The number of nitrogens with zero attached hydrogens (tertiary/aromatic N) is 1. The van der Waals surface area contributed by atoms with Crippen LogP contribution in [0.4, 0.5) is 5.69 Å². The maximum Gasteiger partial charge on any atom is 0.0994 e. The van der Waals surface area contributed by atoms with Gasteiger partial charge in [-0.2, -0.15) is 5.26 Å². The lowest BCUT2D eigenvalue weighted by Crippen LogP contribution is -2.03. The molecule has 4 heteroatoms. The van der Waals surface area contributed by atoms with E-state index < -0.39 is 10.8 Å². The van der Waals surface area contributed by atoms with Crippen LogP contribution < -0.4 is 5.73 Å². The Balaban J connectivity index is 2.32. The SMILES string of the molecule is Cc1cccc(S(=O)Cc2ccccc2C#N)c1N. The van der Waals surface area contributed by atoms with Gasteiger partial charge in [-0.3, -0.25) is 4.21 Å². The molecule has 1 unspecified atom stereocenters. The summed E-state index contributed by atoms with van der Waals surface area (Å²) in [6.07, 6.45) is 0. The maximum absolute atomic E-state index is 12.4. The summed E-state index contributed by atoms with van der Waals surface area (Å²) in [5.74, 6) is 0.303. The van der Waals surface area contributed by atoms with Gasteiger partial charge in [0, 0.05) is 0 Å². The van der Waals surface area contributed by atoms with Crippen molar-refractivity contribution in [1.82, 2.24) is 0 Å². The summed E-state index contributed by atoms with van der Waals surface area (Å²) < 4.78 is 12.4. The third kappa shape index (κ3) is 2.83. The van der Waals surface area contributed by atoms with E-state index in [4.69, 9.17) is 11.0 Å². The number of anilines is 1. The summed E-state index contributed by atoms with van der Waals surface area (Å²) in [5, 5.41) is 9.03. The molecule has 0 spiro atoms. The molecule has 0 aliphatic heterocycles. The molecule has 0 bridgehead atoms. The molecule has 0 saturated heterocycles. The van der Waals surface area contributed by atoms with Gasteiger partial charge in [0.15, 0.2) is 0 Å². The molecule has 2 aromatic carbocycles. The summed E-state index contributed by atoms with van der Waals surface area (Å²) in [6, 6.07) is 14.8. The highest BCUT2D eigenvalue weighted by atomic mass is 32.2. The molecule has 2 aromatic rings. The van der Waals surface area contributed by atoms with Crippen LogP contribution in [-0.2, 0) is 16.6 Å². The number of para-hydroxylation sites is 1. The van der Waals surface area contributed by atoms with E-state index in [2.05, 4.69) is 6.07 Å². The van der Waals surface area contributed by atoms with E-state index in [0.717, 1.165) is 11.1 Å². The van der Waals surface area contributed by atoms with Crippen molar-refractivity contribution in [2.24, 2.45) is 0 Å². The Bertz CT molecular complexity index is 674. The smallest absolute Gasteiger partial charge is 0.0994 e. The zero-order valence-corrected chi connectivity index (χ0v) is 11.4. The molecule has 0 amide bonds. The summed E-state index contributed by atoms with van der Waals surface area (Å²) in [6.45, 7) is 1.89. The molecule has 0 radical (unpaired) electrons. The Kier molecular flexibility index (Phi) is 3.98. The molecule has 0 saturated carbocycles. The van der Waals surface area contributed by atoms with Gasteiger partial charge in [0.05, 0.1) is 38.8 Å². The average Bonchev–Trinajstić information content (AvgIpc) is 2.42. The largest absolute Gasteiger partial charge is 0.398 e. The van der Waals surface area contributed by atoms with Crippen molar-refractivity contribution in [2.75, 3.05) is 5.73 Å². The van der Waals surface area contributed by atoms with Crippen LogP contribution in [0.2, 0.25) is 0 Å². The summed E-state index contributed by atoms with van der Waals surface area (Å²) in [7, 11) is -1.24. The van der Waals surface area contributed by atoms with Gasteiger partial charge in [-0.25, -0.2) is 0 Å². The van der Waals surface area contributed by atoms with E-state index in [1.165, 1.54) is 0 Å². The molecule has 3 nitrogen and oxygen atoms in total. The van der Waals surface area contributed by atoms with E-state index in [1.54, 1.807) is 18.2 Å². The van der Waals surface area contributed by atoms with Crippen LogP contribution >= 0.6 is 0 Å². The fraction of sp³-hybridized carbons (Fsp3) is 0.133. The minimum atomic E-state index is -1.24. The monoisotopic (exact) mass is 270 g/mol. The number of hydrogen-bond donors (Lipinski definition) is 1. The summed E-state index contributed by atoms with van der Waals surface area (Å²) >= 11 is 0. The number of benzene rings is 2. The predicted molar refractivity (Wildman–Crippen MR) is 76.9 cm³/mol. The highest BCUT2D eigenvalue weighted by Crippen LogP contribution is 2.23. The van der Waals surface area contributed by atoms with Crippen molar-refractivity contribution in [3.05, 3.63) is 59.2 Å². The van der Waals surface area contributed by atoms with E-state index >= 15 is 0 Å². The molecule has 96 valence electrons. The van der Waals surface area contributed by atoms with Gasteiger partial charge in [-0.15, -0.1) is 0 Å². The van der Waals surface area contributed by atoms with Crippen LogP contribution in [0.25, 0.3) is 0 Å². The second kappa shape index (κ2) is 5.68. The molecular weight excluding hydrogens is 256 g/mol. The Hall–Kier alpha value is -2.12. The topological polar surface area (TPSA) is 66.9 Å². The molecule has 19 heavy (non-hydrogen) atoms. The molecule has 2 N–H and O–H groups in total. The number of nitrogens with two attached hydrogens (primary N) is 1. The quantitative estimate of drug-likeness (QED) is 0.872. The third-order valence-corrected chi connectivity index (χ3v) is 4.37. The normalized spacial score (nSPS) is 11.8. The third-order valence-electron chi connectivity index (χ3n) is 2.95. The average molecular weight is 270 g/mol. The van der Waals surface area contributed by atoms with Crippen LogP contribution in [0.5, 0.6) is 0 Å². The minimum absolute atomic E-state index is 0.303. The Morgan fingerprint density at radius 2 is 1.95 bits per heavy atom. The standard InChI is InChI=1S/C15H14N2OS/c1-11-5-4-8-14(15(11)17)19(18)10-13-7-3-2-6-12(13)9-16/h2-8H,10,17H2,1H3. The maximum atomic E-state index is 12.4. The first-order chi connectivity index (χ1) is 9.13. The number of nitrogen functional groups attached to an aromatic ring is 1. The van der Waals surface area contributed by atoms with Crippen molar-refractivity contribution in [3.8, 4) is 6.07 Å². The van der Waals surface area contributed by atoms with E-state index in [-0.39, 0.29) is 0 Å². The van der Waals surface area contributed by atoms with Crippen molar-refractivity contribution >= 4 is 16.5 Å². The predicted octanol–water partition coefficient (Wildman–Crippen LogP) is 2.76. The van der Waals surface area contributed by atoms with Crippen molar-refractivity contribution in [3.63, 3.8) is 0 Å². The van der Waals surface area contributed by atoms with E-state index in [9.17, 15) is 4.21 Å². The second-order valence-corrected chi connectivity index (χ2v) is 5.67. The Morgan fingerprint density at radius 1 is 1.21 bits per heavy atom. The van der Waals surface area contributed by atoms with Crippen LogP contribution in [0.3, 0.4) is 0 Å². The molecule has 0 heterocycles. The first-order valence-electron chi connectivity index (χ1n) is 5.85. The highest BCUT2D eigenvalue weighted by molar-refractivity contribution is 7.84. The van der Waals surface area contributed by atoms with Crippen LogP contribution in [0, 0.1) is 18.3 Å². The van der Waals surface area contributed by atoms with Crippen LogP contribution in [0.1, 0.15) is 16.7 Å². The Labute approximate surface area is 115 Å². The van der Waals surface area contributed by atoms with Gasteiger partial charge in [0.2, 0.25) is 0 Å². The van der Waals surface area contributed by atoms with E-state index in [1.807, 2.05) is 31.2 Å². The first kappa shape index (κ1) is 13.3. The number of rotatable bonds is 3. The summed E-state index contributed by atoms with van der Waals surface area (Å²) in [4.78, 5) is 0.632. The summed E-state index contributed by atoms with van der Waals surface area (Å²) in [5.41, 5.74) is 8.77. The van der Waals surface area contributed by atoms with Gasteiger partial charge >= 0.3 is 0 Å². The molecular formula is C15H14N2OS.